The molecule has 3 aromatic rings. The summed E-state index contributed by atoms with van der Waals surface area (Å²) in [4.78, 5) is 0. The van der Waals surface area contributed by atoms with Crippen molar-refractivity contribution in [2.24, 2.45) is 0 Å². The van der Waals surface area contributed by atoms with Crippen LogP contribution in [0.3, 0.4) is 0 Å². The Labute approximate surface area is 211 Å². The van der Waals surface area contributed by atoms with Gasteiger partial charge in [0.15, 0.2) is 0 Å². The summed E-state index contributed by atoms with van der Waals surface area (Å²) in [5.41, 5.74) is 7.99. The largest absolute Gasteiger partial charge is 0.872 e. The number of aryl methyl sites for hydroxylation is 3. The second kappa shape index (κ2) is 9.60. The van der Waals surface area contributed by atoms with Crippen LogP contribution in [0.15, 0.2) is 36.4 Å². The van der Waals surface area contributed by atoms with Crippen molar-refractivity contribution in [3.05, 3.63) is 86.5 Å². The Morgan fingerprint density at radius 3 is 1.20 bits per heavy atom. The fourth-order valence-electron chi connectivity index (χ4n) is 4.94. The molecule has 3 aromatic carbocycles. The zero-order valence-corrected chi connectivity index (χ0v) is 23.1. The summed E-state index contributed by atoms with van der Waals surface area (Å²) in [6.07, 6.45) is 0.986. The molecule has 0 aromatic heterocycles. The number of methoxy groups -OCH3 is 1. The van der Waals surface area contributed by atoms with Crippen LogP contribution in [0.1, 0.15) is 91.6 Å². The summed E-state index contributed by atoms with van der Waals surface area (Å²) < 4.78 is 5.91. The third kappa shape index (κ3) is 5.83. The minimum absolute atomic E-state index is 0.101. The first-order valence-corrected chi connectivity index (χ1v) is 12.4. The SMILES string of the molecule is COc1c(Cc2cc(C)cc(C(C)(C)C)c2[O-])cc(C)cc1Cc1cc(C)cc(C(C)(C)C)c1[O-]. The minimum atomic E-state index is -0.222. The van der Waals surface area contributed by atoms with Gasteiger partial charge in [-0.25, -0.2) is 0 Å². The molecule has 0 aliphatic heterocycles. The number of rotatable bonds is 5. The van der Waals surface area contributed by atoms with Crippen LogP contribution in [0.4, 0.5) is 0 Å². The van der Waals surface area contributed by atoms with Crippen molar-refractivity contribution in [2.75, 3.05) is 7.11 Å². The highest BCUT2D eigenvalue weighted by atomic mass is 16.5. The Kier molecular flexibility index (Phi) is 7.32. The molecule has 0 radical (unpaired) electrons. The Morgan fingerprint density at radius 1 is 0.571 bits per heavy atom. The molecule has 35 heavy (non-hydrogen) atoms. The average Bonchev–Trinajstić information content (AvgIpc) is 2.71. The predicted molar refractivity (Wildman–Crippen MR) is 142 cm³/mol. The maximum Gasteiger partial charge on any atom is 0.125 e. The zero-order chi connectivity index (χ0) is 26.3. The second-order valence-electron chi connectivity index (χ2n) is 12.1. The van der Waals surface area contributed by atoms with Crippen LogP contribution in [0.5, 0.6) is 17.2 Å². The third-order valence-electron chi connectivity index (χ3n) is 6.59. The zero-order valence-electron chi connectivity index (χ0n) is 23.1. The number of benzene rings is 3. The lowest BCUT2D eigenvalue weighted by molar-refractivity contribution is -0.271. The highest BCUT2D eigenvalue weighted by molar-refractivity contribution is 5.54. The minimum Gasteiger partial charge on any atom is -0.872 e. The van der Waals surface area contributed by atoms with E-state index < -0.39 is 0 Å². The summed E-state index contributed by atoms with van der Waals surface area (Å²) in [7, 11) is 1.67. The quantitative estimate of drug-likeness (QED) is 0.423. The van der Waals surface area contributed by atoms with Crippen LogP contribution in [0, 0.1) is 20.8 Å². The molecule has 0 aliphatic rings. The lowest BCUT2D eigenvalue weighted by Crippen LogP contribution is -2.17. The van der Waals surface area contributed by atoms with Crippen molar-refractivity contribution in [3.8, 4) is 17.2 Å². The fourth-order valence-corrected chi connectivity index (χ4v) is 4.94. The maximum absolute atomic E-state index is 13.4. The van der Waals surface area contributed by atoms with E-state index in [1.54, 1.807) is 7.11 Å². The van der Waals surface area contributed by atoms with Gasteiger partial charge in [-0.3, -0.25) is 0 Å². The lowest BCUT2D eigenvalue weighted by Gasteiger charge is -2.30. The molecule has 0 saturated heterocycles. The number of hydrogen-bond acceptors (Lipinski definition) is 3. The van der Waals surface area contributed by atoms with Crippen LogP contribution in [-0.4, -0.2) is 7.11 Å². The predicted octanol–water partition coefficient (Wildman–Crippen LogP) is 6.54. The Morgan fingerprint density at radius 2 is 0.886 bits per heavy atom. The fraction of sp³-hybridized carbons (Fsp3) is 0.438. The van der Waals surface area contributed by atoms with E-state index in [1.165, 1.54) is 0 Å². The van der Waals surface area contributed by atoms with Crippen LogP contribution >= 0.6 is 0 Å². The van der Waals surface area contributed by atoms with E-state index in [9.17, 15) is 10.2 Å². The van der Waals surface area contributed by atoms with E-state index in [0.29, 0.717) is 12.8 Å². The van der Waals surface area contributed by atoms with Crippen molar-refractivity contribution in [1.82, 2.24) is 0 Å². The topological polar surface area (TPSA) is 55.3 Å². The van der Waals surface area contributed by atoms with Crippen LogP contribution in [0.2, 0.25) is 0 Å². The van der Waals surface area contributed by atoms with Gasteiger partial charge in [-0.1, -0.05) is 106 Å². The van der Waals surface area contributed by atoms with Crippen molar-refractivity contribution < 1.29 is 14.9 Å². The molecule has 0 heterocycles. The third-order valence-corrected chi connectivity index (χ3v) is 6.59. The van der Waals surface area contributed by atoms with Crippen LogP contribution in [-0.2, 0) is 23.7 Å². The van der Waals surface area contributed by atoms with Crippen molar-refractivity contribution >= 4 is 0 Å². The maximum atomic E-state index is 13.4. The van der Waals surface area contributed by atoms with E-state index >= 15 is 0 Å². The molecular weight excluding hydrogens is 432 g/mol. The van der Waals surface area contributed by atoms with Crippen LogP contribution < -0.4 is 14.9 Å². The van der Waals surface area contributed by atoms with Gasteiger partial charge in [0.05, 0.1) is 7.11 Å². The smallest absolute Gasteiger partial charge is 0.125 e. The molecule has 0 spiro atoms. The Balaban J connectivity index is 2.11. The summed E-state index contributed by atoms with van der Waals surface area (Å²) in [6.45, 7) is 18.6. The van der Waals surface area contributed by atoms with Gasteiger partial charge in [0, 0.05) is 12.8 Å². The highest BCUT2D eigenvalue weighted by Gasteiger charge is 2.20. The van der Waals surface area contributed by atoms with Crippen LogP contribution in [0.25, 0.3) is 0 Å². The molecule has 3 heteroatoms. The van der Waals surface area contributed by atoms with E-state index in [2.05, 4.69) is 60.6 Å². The first kappa shape index (κ1) is 26.7. The standard InChI is InChI=1S/C32H42O3/c1-19-13-24(17-22-11-20(2)15-26(28(22)33)31(4,5)6)30(35-10)25(14-19)18-23-12-21(3)16-27(29(23)34)32(7,8)9/h11-16,33-34H,17-18H2,1-10H3/p-2. The van der Waals surface area contributed by atoms with Crippen molar-refractivity contribution in [1.29, 1.82) is 0 Å². The molecule has 0 aliphatic carbocycles. The van der Waals surface area contributed by atoms with Gasteiger partial charge in [0.2, 0.25) is 0 Å². The van der Waals surface area contributed by atoms with Crippen molar-refractivity contribution in [2.45, 2.75) is 86.0 Å². The molecule has 3 rings (SSSR count). The molecular formula is C32H40O3-2. The van der Waals surface area contributed by atoms with Gasteiger partial charge in [-0.2, -0.15) is 0 Å². The van der Waals surface area contributed by atoms with Gasteiger partial charge >= 0.3 is 0 Å². The van der Waals surface area contributed by atoms with Gasteiger partial charge in [0.1, 0.15) is 5.75 Å². The van der Waals surface area contributed by atoms with E-state index in [1.807, 2.05) is 38.1 Å². The number of ether oxygens (including phenoxy) is 1. The molecule has 3 nitrogen and oxygen atoms in total. The number of hydrogen-bond donors (Lipinski definition) is 0. The summed E-state index contributed by atoms with van der Waals surface area (Å²) in [5, 5.41) is 26.7. The molecule has 188 valence electrons. The van der Waals surface area contributed by atoms with Crippen molar-refractivity contribution in [3.63, 3.8) is 0 Å². The lowest BCUT2D eigenvalue weighted by atomic mass is 9.82. The Bertz CT molecular complexity index is 1140. The second-order valence-corrected chi connectivity index (χ2v) is 12.1. The average molecular weight is 473 g/mol. The molecule has 0 atom stereocenters. The molecule has 0 unspecified atom stereocenters. The van der Waals surface area contributed by atoms with Gasteiger partial charge in [-0.15, -0.1) is 11.5 Å². The summed E-state index contributed by atoms with van der Waals surface area (Å²) in [6, 6.07) is 12.2. The first-order chi connectivity index (χ1) is 16.1. The highest BCUT2D eigenvalue weighted by Crippen LogP contribution is 2.38. The molecule has 0 bridgehead atoms. The first-order valence-electron chi connectivity index (χ1n) is 12.4. The van der Waals surface area contributed by atoms with E-state index in [4.69, 9.17) is 4.74 Å². The molecule has 0 fully saturated rings. The molecule has 0 saturated carbocycles. The molecule has 0 amide bonds. The Hall–Kier alpha value is -2.94. The normalized spacial score (nSPS) is 12.2. The molecule has 0 N–H and O–H groups in total. The van der Waals surface area contributed by atoms with E-state index in [-0.39, 0.29) is 22.3 Å². The van der Waals surface area contributed by atoms with Gasteiger partial charge in [-0.05, 0) is 53.9 Å². The monoisotopic (exact) mass is 472 g/mol. The van der Waals surface area contributed by atoms with E-state index in [0.717, 1.165) is 55.8 Å². The van der Waals surface area contributed by atoms with Gasteiger partial charge < -0.3 is 14.9 Å². The summed E-state index contributed by atoms with van der Waals surface area (Å²) >= 11 is 0. The van der Waals surface area contributed by atoms with Gasteiger partial charge in [0.25, 0.3) is 0 Å². The summed E-state index contributed by atoms with van der Waals surface area (Å²) in [5.74, 6) is 0.958.